The Bertz CT molecular complexity index is 598. The van der Waals surface area contributed by atoms with E-state index in [1.807, 2.05) is 43.3 Å². The van der Waals surface area contributed by atoms with Crippen LogP contribution < -0.4 is 5.32 Å². The van der Waals surface area contributed by atoms with E-state index in [4.69, 9.17) is 14.0 Å². The summed E-state index contributed by atoms with van der Waals surface area (Å²) in [7, 11) is 0. The van der Waals surface area contributed by atoms with E-state index in [0.717, 1.165) is 11.3 Å². The second kappa shape index (κ2) is 9.07. The van der Waals surface area contributed by atoms with Crippen molar-refractivity contribution in [2.75, 3.05) is 19.8 Å². The first-order valence-corrected chi connectivity index (χ1v) is 7.68. The van der Waals surface area contributed by atoms with Crippen LogP contribution in [-0.2, 0) is 20.8 Å². The Labute approximate surface area is 135 Å². The van der Waals surface area contributed by atoms with Gasteiger partial charge in [-0.25, -0.2) is 0 Å². The number of aromatic nitrogens is 1. The molecule has 0 fully saturated rings. The van der Waals surface area contributed by atoms with Gasteiger partial charge in [-0.1, -0.05) is 35.5 Å². The average molecular weight is 318 g/mol. The number of hydrogen-bond acceptors (Lipinski definition) is 5. The maximum atomic E-state index is 11.9. The molecule has 23 heavy (non-hydrogen) atoms. The largest absolute Gasteiger partial charge is 0.379 e. The van der Waals surface area contributed by atoms with Gasteiger partial charge in [0, 0.05) is 18.2 Å². The van der Waals surface area contributed by atoms with E-state index in [1.165, 1.54) is 0 Å². The van der Waals surface area contributed by atoms with Gasteiger partial charge in [-0.05, 0) is 13.8 Å². The maximum absolute atomic E-state index is 11.9. The number of nitrogens with zero attached hydrogens (tertiary/aromatic N) is 1. The standard InChI is InChI=1S/C17H22N2O4/c1-3-21-9-10-22-13(2)17(20)18-12-15-11-16(19-23-15)14-7-5-4-6-8-14/h4-8,11,13H,3,9-10,12H2,1-2H3,(H,18,20)/t13-/m1/s1. The lowest BCUT2D eigenvalue weighted by Gasteiger charge is -2.12. The summed E-state index contributed by atoms with van der Waals surface area (Å²) in [5.41, 5.74) is 1.72. The summed E-state index contributed by atoms with van der Waals surface area (Å²) < 4.78 is 15.8. The van der Waals surface area contributed by atoms with Crippen LogP contribution in [0.5, 0.6) is 0 Å². The number of carbonyl (C=O) groups excluding carboxylic acids is 1. The van der Waals surface area contributed by atoms with Crippen LogP contribution in [-0.4, -0.2) is 37.0 Å². The molecule has 1 heterocycles. The Morgan fingerprint density at radius 2 is 2.09 bits per heavy atom. The van der Waals surface area contributed by atoms with E-state index in [0.29, 0.717) is 25.6 Å². The van der Waals surface area contributed by atoms with Gasteiger partial charge in [0.25, 0.3) is 0 Å². The Morgan fingerprint density at radius 1 is 1.30 bits per heavy atom. The van der Waals surface area contributed by atoms with E-state index in [-0.39, 0.29) is 12.5 Å². The van der Waals surface area contributed by atoms with Gasteiger partial charge in [-0.15, -0.1) is 0 Å². The van der Waals surface area contributed by atoms with E-state index < -0.39 is 6.10 Å². The zero-order chi connectivity index (χ0) is 16.5. The van der Waals surface area contributed by atoms with Crippen molar-refractivity contribution in [2.24, 2.45) is 0 Å². The zero-order valence-corrected chi connectivity index (χ0v) is 13.5. The molecule has 6 heteroatoms. The summed E-state index contributed by atoms with van der Waals surface area (Å²) >= 11 is 0. The molecule has 1 aromatic carbocycles. The Morgan fingerprint density at radius 3 is 2.83 bits per heavy atom. The number of amides is 1. The number of rotatable bonds is 9. The molecule has 0 aliphatic heterocycles. The van der Waals surface area contributed by atoms with Crippen LogP contribution in [0.1, 0.15) is 19.6 Å². The molecule has 0 spiro atoms. The highest BCUT2D eigenvalue weighted by Gasteiger charge is 2.14. The molecule has 0 saturated carbocycles. The van der Waals surface area contributed by atoms with Gasteiger partial charge >= 0.3 is 0 Å². The zero-order valence-electron chi connectivity index (χ0n) is 13.5. The van der Waals surface area contributed by atoms with Crippen LogP contribution in [0, 0.1) is 0 Å². The average Bonchev–Trinajstić information content (AvgIpc) is 3.06. The summed E-state index contributed by atoms with van der Waals surface area (Å²) in [5, 5.41) is 6.77. The second-order valence-electron chi connectivity index (χ2n) is 4.97. The molecule has 1 aromatic heterocycles. The van der Waals surface area contributed by atoms with Crippen LogP contribution in [0.15, 0.2) is 40.9 Å². The molecule has 2 rings (SSSR count). The molecule has 0 aliphatic rings. The van der Waals surface area contributed by atoms with Crippen molar-refractivity contribution < 1.29 is 18.8 Å². The SMILES string of the molecule is CCOCCO[C@H](C)C(=O)NCc1cc(-c2ccccc2)no1. The molecule has 1 atom stereocenters. The van der Waals surface area contributed by atoms with E-state index in [1.54, 1.807) is 6.92 Å². The lowest BCUT2D eigenvalue weighted by atomic mass is 10.1. The third kappa shape index (κ3) is 5.50. The predicted molar refractivity (Wildman–Crippen MR) is 85.7 cm³/mol. The van der Waals surface area contributed by atoms with Crippen LogP contribution >= 0.6 is 0 Å². The van der Waals surface area contributed by atoms with Crippen molar-refractivity contribution in [3.05, 3.63) is 42.2 Å². The highest BCUT2D eigenvalue weighted by atomic mass is 16.5. The quantitative estimate of drug-likeness (QED) is 0.719. The van der Waals surface area contributed by atoms with Gasteiger partial charge in [0.2, 0.25) is 5.91 Å². The van der Waals surface area contributed by atoms with E-state index in [9.17, 15) is 4.79 Å². The molecule has 0 unspecified atom stereocenters. The molecule has 124 valence electrons. The van der Waals surface area contributed by atoms with Gasteiger partial charge < -0.3 is 19.3 Å². The van der Waals surface area contributed by atoms with Gasteiger partial charge in [0.1, 0.15) is 11.8 Å². The number of nitrogens with one attached hydrogen (secondary N) is 1. The molecule has 0 bridgehead atoms. The first-order chi connectivity index (χ1) is 11.2. The minimum absolute atomic E-state index is 0.195. The van der Waals surface area contributed by atoms with Gasteiger partial charge in [-0.3, -0.25) is 4.79 Å². The van der Waals surface area contributed by atoms with Crippen molar-refractivity contribution in [1.82, 2.24) is 10.5 Å². The van der Waals surface area contributed by atoms with Crippen molar-refractivity contribution in [3.63, 3.8) is 0 Å². The number of carbonyl (C=O) groups is 1. The fourth-order valence-electron chi connectivity index (χ4n) is 1.96. The minimum atomic E-state index is -0.535. The number of hydrogen-bond donors (Lipinski definition) is 1. The minimum Gasteiger partial charge on any atom is -0.379 e. The first kappa shape index (κ1) is 17.2. The molecule has 6 nitrogen and oxygen atoms in total. The summed E-state index contributed by atoms with van der Waals surface area (Å²) in [5.74, 6) is 0.401. The molecular weight excluding hydrogens is 296 g/mol. The topological polar surface area (TPSA) is 73.6 Å². The predicted octanol–water partition coefficient (Wildman–Crippen LogP) is 2.40. The van der Waals surface area contributed by atoms with Crippen molar-refractivity contribution >= 4 is 5.91 Å². The summed E-state index contributed by atoms with van der Waals surface area (Å²) in [6.45, 7) is 5.41. The summed E-state index contributed by atoms with van der Waals surface area (Å²) in [6, 6.07) is 11.5. The van der Waals surface area contributed by atoms with Gasteiger partial charge in [0.05, 0.1) is 19.8 Å². The van der Waals surface area contributed by atoms with Crippen molar-refractivity contribution in [2.45, 2.75) is 26.5 Å². The highest BCUT2D eigenvalue weighted by Crippen LogP contribution is 2.18. The molecule has 0 saturated heterocycles. The Balaban J connectivity index is 1.77. The molecule has 0 aliphatic carbocycles. The van der Waals surface area contributed by atoms with E-state index in [2.05, 4.69) is 10.5 Å². The Hall–Kier alpha value is -2.18. The molecular formula is C17H22N2O4. The first-order valence-electron chi connectivity index (χ1n) is 7.68. The van der Waals surface area contributed by atoms with Gasteiger partial charge in [-0.2, -0.15) is 0 Å². The molecule has 2 aromatic rings. The fourth-order valence-corrected chi connectivity index (χ4v) is 1.96. The monoisotopic (exact) mass is 318 g/mol. The van der Waals surface area contributed by atoms with Crippen LogP contribution in [0.4, 0.5) is 0 Å². The van der Waals surface area contributed by atoms with Crippen LogP contribution in [0.3, 0.4) is 0 Å². The van der Waals surface area contributed by atoms with Crippen molar-refractivity contribution in [1.29, 1.82) is 0 Å². The molecule has 0 radical (unpaired) electrons. The molecule has 1 amide bonds. The number of ether oxygens (including phenoxy) is 2. The normalized spacial score (nSPS) is 12.1. The van der Waals surface area contributed by atoms with E-state index >= 15 is 0 Å². The maximum Gasteiger partial charge on any atom is 0.249 e. The highest BCUT2D eigenvalue weighted by molar-refractivity contribution is 5.80. The van der Waals surface area contributed by atoms with Crippen LogP contribution in [0.25, 0.3) is 11.3 Å². The second-order valence-corrected chi connectivity index (χ2v) is 4.97. The van der Waals surface area contributed by atoms with Gasteiger partial charge in [0.15, 0.2) is 5.76 Å². The summed E-state index contributed by atoms with van der Waals surface area (Å²) in [4.78, 5) is 11.9. The lowest BCUT2D eigenvalue weighted by Crippen LogP contribution is -2.34. The Kier molecular flexibility index (Phi) is 6.77. The third-order valence-electron chi connectivity index (χ3n) is 3.23. The van der Waals surface area contributed by atoms with Crippen LogP contribution in [0.2, 0.25) is 0 Å². The number of benzene rings is 1. The fraction of sp³-hybridized carbons (Fsp3) is 0.412. The lowest BCUT2D eigenvalue weighted by molar-refractivity contribution is -0.132. The molecule has 1 N–H and O–H groups in total. The smallest absolute Gasteiger partial charge is 0.249 e. The van der Waals surface area contributed by atoms with Crippen molar-refractivity contribution in [3.8, 4) is 11.3 Å². The third-order valence-corrected chi connectivity index (χ3v) is 3.23. The summed E-state index contributed by atoms with van der Waals surface area (Å²) in [6.07, 6.45) is -0.535.